The minimum absolute atomic E-state index is 0.102. The third-order valence-corrected chi connectivity index (χ3v) is 5.22. The summed E-state index contributed by atoms with van der Waals surface area (Å²) in [6, 6.07) is 11.9. The fourth-order valence-electron chi connectivity index (χ4n) is 2.84. The Balaban J connectivity index is 1.55. The first-order chi connectivity index (χ1) is 12.0. The molecule has 1 aromatic carbocycles. The third kappa shape index (κ3) is 4.20. The molecule has 1 fully saturated rings. The molecule has 0 unspecified atom stereocenters. The Morgan fingerprint density at radius 2 is 1.96 bits per heavy atom. The largest absolute Gasteiger partial charge is 0.350 e. The van der Waals surface area contributed by atoms with Crippen LogP contribution in [0, 0.1) is 0 Å². The van der Waals surface area contributed by atoms with Gasteiger partial charge in [0.15, 0.2) is 0 Å². The zero-order valence-electron chi connectivity index (χ0n) is 14.6. The highest BCUT2D eigenvalue weighted by Crippen LogP contribution is 2.23. The van der Waals surface area contributed by atoms with E-state index in [2.05, 4.69) is 31.3 Å². The van der Waals surface area contributed by atoms with Crippen molar-refractivity contribution in [2.75, 3.05) is 24.5 Å². The van der Waals surface area contributed by atoms with E-state index in [-0.39, 0.29) is 18.5 Å². The number of amides is 3. The number of anilines is 1. The standard InChI is InChI=1S/C19H23N3O2S/c1-14(2)15-5-7-16(8-6-15)22-10-9-21(19(22)24)13-18(23)20-12-17-4-3-11-25-17/h3-8,11,14H,9-10,12-13H2,1-2H3,(H,20,23). The first kappa shape index (κ1) is 17.5. The molecule has 1 N–H and O–H groups in total. The van der Waals surface area contributed by atoms with E-state index in [0.717, 1.165) is 10.6 Å². The van der Waals surface area contributed by atoms with E-state index >= 15 is 0 Å². The Hall–Kier alpha value is -2.34. The first-order valence-corrected chi connectivity index (χ1v) is 9.38. The van der Waals surface area contributed by atoms with Gasteiger partial charge in [-0.1, -0.05) is 32.0 Å². The molecule has 5 nitrogen and oxygen atoms in total. The van der Waals surface area contributed by atoms with Crippen molar-refractivity contribution in [3.8, 4) is 0 Å². The Labute approximate surface area is 152 Å². The molecule has 0 aliphatic carbocycles. The molecule has 0 radical (unpaired) electrons. The van der Waals surface area contributed by atoms with E-state index in [0.29, 0.717) is 25.6 Å². The topological polar surface area (TPSA) is 52.6 Å². The van der Waals surface area contributed by atoms with Gasteiger partial charge in [-0.05, 0) is 35.1 Å². The van der Waals surface area contributed by atoms with Crippen molar-refractivity contribution in [1.82, 2.24) is 10.2 Å². The first-order valence-electron chi connectivity index (χ1n) is 8.50. The Morgan fingerprint density at radius 1 is 1.20 bits per heavy atom. The van der Waals surface area contributed by atoms with E-state index < -0.39 is 0 Å². The normalized spacial score (nSPS) is 14.4. The maximum Gasteiger partial charge on any atom is 0.325 e. The van der Waals surface area contributed by atoms with Crippen LogP contribution in [0.25, 0.3) is 0 Å². The zero-order chi connectivity index (χ0) is 17.8. The van der Waals surface area contributed by atoms with Gasteiger partial charge in [0, 0.05) is 23.7 Å². The fourth-order valence-corrected chi connectivity index (χ4v) is 3.48. The number of nitrogens with zero attached hydrogens (tertiary/aromatic N) is 2. The number of nitrogens with one attached hydrogen (secondary N) is 1. The van der Waals surface area contributed by atoms with Crippen molar-refractivity contribution in [2.24, 2.45) is 0 Å². The van der Waals surface area contributed by atoms with Crippen LogP contribution in [-0.4, -0.2) is 36.5 Å². The van der Waals surface area contributed by atoms with Gasteiger partial charge in [-0.3, -0.25) is 9.69 Å². The quantitative estimate of drug-likeness (QED) is 0.861. The predicted molar refractivity (Wildman–Crippen MR) is 101 cm³/mol. The molecular formula is C19H23N3O2S. The van der Waals surface area contributed by atoms with Crippen molar-refractivity contribution < 1.29 is 9.59 Å². The van der Waals surface area contributed by atoms with Crippen LogP contribution in [0.2, 0.25) is 0 Å². The molecule has 2 heterocycles. The highest BCUT2D eigenvalue weighted by molar-refractivity contribution is 7.09. The summed E-state index contributed by atoms with van der Waals surface area (Å²) in [5.74, 6) is 0.339. The van der Waals surface area contributed by atoms with Crippen LogP contribution in [0.15, 0.2) is 41.8 Å². The van der Waals surface area contributed by atoms with E-state index in [1.165, 1.54) is 5.56 Å². The van der Waals surface area contributed by atoms with Gasteiger partial charge in [0.25, 0.3) is 0 Å². The average Bonchev–Trinajstić information content (AvgIpc) is 3.24. The molecule has 2 aromatic rings. The van der Waals surface area contributed by atoms with Gasteiger partial charge in [-0.15, -0.1) is 11.3 Å². The molecule has 1 saturated heterocycles. The van der Waals surface area contributed by atoms with Crippen molar-refractivity contribution in [2.45, 2.75) is 26.3 Å². The Bertz CT molecular complexity index is 726. The smallest absolute Gasteiger partial charge is 0.325 e. The van der Waals surface area contributed by atoms with Crippen molar-refractivity contribution in [1.29, 1.82) is 0 Å². The molecule has 1 aromatic heterocycles. The maximum absolute atomic E-state index is 12.6. The summed E-state index contributed by atoms with van der Waals surface area (Å²) in [5.41, 5.74) is 2.14. The van der Waals surface area contributed by atoms with Crippen LogP contribution >= 0.6 is 11.3 Å². The summed E-state index contributed by atoms with van der Waals surface area (Å²) < 4.78 is 0. The zero-order valence-corrected chi connectivity index (χ0v) is 15.4. The Kier molecular flexibility index (Phi) is 5.38. The average molecular weight is 357 g/mol. The molecule has 132 valence electrons. The van der Waals surface area contributed by atoms with Crippen LogP contribution in [0.1, 0.15) is 30.2 Å². The van der Waals surface area contributed by atoms with Gasteiger partial charge in [0.1, 0.15) is 6.54 Å². The molecule has 1 aliphatic heterocycles. The summed E-state index contributed by atoms with van der Waals surface area (Å²) in [6.45, 7) is 6.08. The number of carbonyl (C=O) groups is 2. The van der Waals surface area contributed by atoms with E-state index in [9.17, 15) is 9.59 Å². The molecule has 3 rings (SSSR count). The number of hydrogen-bond donors (Lipinski definition) is 1. The van der Waals surface area contributed by atoms with Gasteiger partial charge < -0.3 is 10.2 Å². The monoisotopic (exact) mass is 357 g/mol. The summed E-state index contributed by atoms with van der Waals surface area (Å²) in [6.07, 6.45) is 0. The van der Waals surface area contributed by atoms with Crippen molar-refractivity contribution in [3.63, 3.8) is 0 Å². The number of rotatable bonds is 6. The second kappa shape index (κ2) is 7.70. The van der Waals surface area contributed by atoms with Gasteiger partial charge in [0.05, 0.1) is 6.54 Å². The molecule has 1 aliphatic rings. The SMILES string of the molecule is CC(C)c1ccc(N2CCN(CC(=O)NCc3cccs3)C2=O)cc1. The lowest BCUT2D eigenvalue weighted by molar-refractivity contribution is -0.121. The fraction of sp³-hybridized carbons (Fsp3) is 0.368. The van der Waals surface area contributed by atoms with E-state index in [4.69, 9.17) is 0 Å². The number of hydrogen-bond acceptors (Lipinski definition) is 3. The van der Waals surface area contributed by atoms with Crippen molar-refractivity contribution >= 4 is 29.0 Å². The van der Waals surface area contributed by atoms with Gasteiger partial charge in [-0.25, -0.2) is 4.79 Å². The number of carbonyl (C=O) groups excluding carboxylic acids is 2. The minimum Gasteiger partial charge on any atom is -0.350 e. The van der Waals surface area contributed by atoms with Gasteiger partial charge in [0.2, 0.25) is 5.91 Å². The third-order valence-electron chi connectivity index (χ3n) is 4.34. The van der Waals surface area contributed by atoms with Crippen LogP contribution < -0.4 is 10.2 Å². The number of thiophene rings is 1. The molecule has 3 amide bonds. The summed E-state index contributed by atoms with van der Waals surface area (Å²) in [7, 11) is 0. The molecule has 0 bridgehead atoms. The summed E-state index contributed by atoms with van der Waals surface area (Å²) >= 11 is 1.61. The van der Waals surface area contributed by atoms with E-state index in [1.807, 2.05) is 29.6 Å². The van der Waals surface area contributed by atoms with Gasteiger partial charge in [-0.2, -0.15) is 0 Å². The van der Waals surface area contributed by atoms with Crippen LogP contribution in [-0.2, 0) is 11.3 Å². The van der Waals surface area contributed by atoms with Crippen LogP contribution in [0.4, 0.5) is 10.5 Å². The summed E-state index contributed by atoms with van der Waals surface area (Å²) in [5, 5.41) is 4.85. The minimum atomic E-state index is -0.126. The van der Waals surface area contributed by atoms with Crippen LogP contribution in [0.3, 0.4) is 0 Å². The lowest BCUT2D eigenvalue weighted by Gasteiger charge is -2.19. The molecule has 6 heteroatoms. The lowest BCUT2D eigenvalue weighted by Crippen LogP contribution is -2.39. The molecule has 0 spiro atoms. The summed E-state index contributed by atoms with van der Waals surface area (Å²) in [4.78, 5) is 29.1. The highest BCUT2D eigenvalue weighted by atomic mass is 32.1. The highest BCUT2D eigenvalue weighted by Gasteiger charge is 2.30. The van der Waals surface area contributed by atoms with E-state index in [1.54, 1.807) is 21.1 Å². The Morgan fingerprint density at radius 3 is 2.60 bits per heavy atom. The second-order valence-electron chi connectivity index (χ2n) is 6.46. The number of benzene rings is 1. The molecule has 25 heavy (non-hydrogen) atoms. The molecule has 0 saturated carbocycles. The number of urea groups is 1. The van der Waals surface area contributed by atoms with Crippen LogP contribution in [0.5, 0.6) is 0 Å². The van der Waals surface area contributed by atoms with Gasteiger partial charge >= 0.3 is 6.03 Å². The molecular weight excluding hydrogens is 334 g/mol. The maximum atomic E-state index is 12.6. The second-order valence-corrected chi connectivity index (χ2v) is 7.49. The lowest BCUT2D eigenvalue weighted by atomic mass is 10.0. The van der Waals surface area contributed by atoms with Crippen molar-refractivity contribution in [3.05, 3.63) is 52.2 Å². The molecule has 0 atom stereocenters. The predicted octanol–water partition coefficient (Wildman–Crippen LogP) is 3.43.